The fourth-order valence-electron chi connectivity index (χ4n) is 2.83. The van der Waals surface area contributed by atoms with E-state index >= 15 is 0 Å². The summed E-state index contributed by atoms with van der Waals surface area (Å²) in [5.74, 6) is 0.422. The molecule has 0 saturated carbocycles. The zero-order valence-corrected chi connectivity index (χ0v) is 12.0. The van der Waals surface area contributed by atoms with Gasteiger partial charge < -0.3 is 10.6 Å². The van der Waals surface area contributed by atoms with Gasteiger partial charge in [0.2, 0.25) is 0 Å². The Morgan fingerprint density at radius 1 is 1.48 bits per heavy atom. The monoisotopic (exact) mass is 285 g/mol. The highest BCUT2D eigenvalue weighted by Gasteiger charge is 2.32. The molecule has 0 spiro atoms. The Bertz CT molecular complexity index is 624. The van der Waals surface area contributed by atoms with E-state index < -0.39 is 0 Å². The molecule has 1 aliphatic rings. The molecule has 1 amide bonds. The average molecular weight is 285 g/mol. The zero-order valence-electron chi connectivity index (χ0n) is 12.0. The SMILES string of the molecule is CC1CC(CN)CN1C(=O)c1cnn(-c2cccnc2)c1. The highest BCUT2D eigenvalue weighted by Crippen LogP contribution is 2.24. The van der Waals surface area contributed by atoms with Gasteiger partial charge in [-0.25, -0.2) is 4.68 Å². The van der Waals surface area contributed by atoms with Crippen molar-refractivity contribution < 1.29 is 4.79 Å². The quantitative estimate of drug-likeness (QED) is 0.915. The van der Waals surface area contributed by atoms with Crippen LogP contribution in [0, 0.1) is 5.92 Å². The molecule has 0 aromatic carbocycles. The molecular weight excluding hydrogens is 266 g/mol. The number of nitrogens with two attached hydrogens (primary N) is 1. The molecule has 2 N–H and O–H groups in total. The molecule has 0 aliphatic carbocycles. The molecule has 1 aliphatic heterocycles. The van der Waals surface area contributed by atoms with Crippen LogP contribution < -0.4 is 5.73 Å². The van der Waals surface area contributed by atoms with Gasteiger partial charge in [0, 0.05) is 25.0 Å². The van der Waals surface area contributed by atoms with Gasteiger partial charge >= 0.3 is 0 Å². The maximum Gasteiger partial charge on any atom is 0.257 e. The molecule has 0 radical (unpaired) electrons. The van der Waals surface area contributed by atoms with Crippen molar-refractivity contribution in [2.24, 2.45) is 11.7 Å². The predicted octanol–water partition coefficient (Wildman–Crippen LogP) is 1.08. The minimum atomic E-state index is 0.0218. The highest BCUT2D eigenvalue weighted by molar-refractivity contribution is 5.94. The first-order valence-corrected chi connectivity index (χ1v) is 7.15. The van der Waals surface area contributed by atoms with Crippen molar-refractivity contribution in [3.05, 3.63) is 42.5 Å². The summed E-state index contributed by atoms with van der Waals surface area (Å²) >= 11 is 0. The van der Waals surface area contributed by atoms with Crippen molar-refractivity contribution in [2.45, 2.75) is 19.4 Å². The molecule has 2 unspecified atom stereocenters. The maximum atomic E-state index is 12.6. The van der Waals surface area contributed by atoms with Crippen molar-refractivity contribution in [1.82, 2.24) is 19.7 Å². The Hall–Kier alpha value is -2.21. The number of rotatable bonds is 3. The number of pyridine rings is 1. The van der Waals surface area contributed by atoms with Gasteiger partial charge in [0.15, 0.2) is 0 Å². The molecule has 2 aromatic rings. The molecular formula is C15H19N5O. The van der Waals surface area contributed by atoms with E-state index in [0.29, 0.717) is 18.0 Å². The summed E-state index contributed by atoms with van der Waals surface area (Å²) in [6, 6.07) is 3.97. The van der Waals surface area contributed by atoms with Crippen molar-refractivity contribution in [3.8, 4) is 5.69 Å². The Labute approximate surface area is 123 Å². The highest BCUT2D eigenvalue weighted by atomic mass is 16.2. The molecule has 6 heteroatoms. The molecule has 1 fully saturated rings. The molecule has 21 heavy (non-hydrogen) atoms. The largest absolute Gasteiger partial charge is 0.336 e. The molecule has 1 saturated heterocycles. The Kier molecular flexibility index (Phi) is 3.70. The van der Waals surface area contributed by atoms with Crippen LogP contribution in [0.5, 0.6) is 0 Å². The second kappa shape index (κ2) is 5.65. The first-order chi connectivity index (χ1) is 10.2. The fraction of sp³-hybridized carbons (Fsp3) is 0.400. The summed E-state index contributed by atoms with van der Waals surface area (Å²) in [5, 5.41) is 4.25. The third-order valence-corrected chi connectivity index (χ3v) is 4.00. The standard InChI is InChI=1S/C15H19N5O/c1-11-5-12(6-16)9-19(11)15(21)13-7-18-20(10-13)14-3-2-4-17-8-14/h2-4,7-8,10-12H,5-6,9,16H2,1H3. The van der Waals surface area contributed by atoms with Gasteiger partial charge in [-0.1, -0.05) is 0 Å². The Morgan fingerprint density at radius 2 is 2.33 bits per heavy atom. The van der Waals surface area contributed by atoms with Crippen LogP contribution in [-0.2, 0) is 0 Å². The number of amides is 1. The normalized spacial score (nSPS) is 21.7. The smallest absolute Gasteiger partial charge is 0.257 e. The van der Waals surface area contributed by atoms with Crippen LogP contribution in [0.3, 0.4) is 0 Å². The van der Waals surface area contributed by atoms with E-state index in [1.54, 1.807) is 29.5 Å². The van der Waals surface area contributed by atoms with Gasteiger partial charge in [-0.05, 0) is 37.9 Å². The molecule has 2 aromatic heterocycles. The summed E-state index contributed by atoms with van der Waals surface area (Å²) in [6.45, 7) is 3.43. The number of nitrogens with zero attached hydrogens (tertiary/aromatic N) is 4. The van der Waals surface area contributed by atoms with E-state index in [1.807, 2.05) is 17.0 Å². The minimum Gasteiger partial charge on any atom is -0.336 e. The minimum absolute atomic E-state index is 0.0218. The average Bonchev–Trinajstić information content (AvgIpc) is 3.14. The number of aromatic nitrogens is 3. The summed E-state index contributed by atoms with van der Waals surface area (Å²) in [6.07, 6.45) is 7.75. The van der Waals surface area contributed by atoms with E-state index in [9.17, 15) is 4.79 Å². The lowest BCUT2D eigenvalue weighted by molar-refractivity contribution is 0.0743. The van der Waals surface area contributed by atoms with Gasteiger partial charge in [-0.3, -0.25) is 9.78 Å². The predicted molar refractivity (Wildman–Crippen MR) is 79.0 cm³/mol. The molecule has 110 valence electrons. The number of likely N-dealkylation sites (tertiary alicyclic amines) is 1. The van der Waals surface area contributed by atoms with Crippen molar-refractivity contribution >= 4 is 5.91 Å². The van der Waals surface area contributed by atoms with Gasteiger partial charge in [0.05, 0.1) is 23.6 Å². The van der Waals surface area contributed by atoms with Crippen LogP contribution in [0.4, 0.5) is 0 Å². The van der Waals surface area contributed by atoms with E-state index in [0.717, 1.165) is 18.7 Å². The van der Waals surface area contributed by atoms with Crippen molar-refractivity contribution in [3.63, 3.8) is 0 Å². The molecule has 3 rings (SSSR count). The fourth-order valence-corrected chi connectivity index (χ4v) is 2.83. The third-order valence-electron chi connectivity index (χ3n) is 4.00. The Balaban J connectivity index is 1.79. The zero-order chi connectivity index (χ0) is 14.8. The molecule has 0 bridgehead atoms. The number of carbonyl (C=O) groups excluding carboxylic acids is 1. The molecule has 6 nitrogen and oxygen atoms in total. The first-order valence-electron chi connectivity index (χ1n) is 7.15. The number of hydrogen-bond donors (Lipinski definition) is 1. The van der Waals surface area contributed by atoms with Gasteiger partial charge in [-0.2, -0.15) is 5.10 Å². The van der Waals surface area contributed by atoms with E-state index in [4.69, 9.17) is 5.73 Å². The number of carbonyl (C=O) groups is 1. The maximum absolute atomic E-state index is 12.6. The van der Waals surface area contributed by atoms with Crippen LogP contribution >= 0.6 is 0 Å². The van der Waals surface area contributed by atoms with Crippen LogP contribution in [0.25, 0.3) is 5.69 Å². The third kappa shape index (κ3) is 2.67. The number of hydrogen-bond acceptors (Lipinski definition) is 4. The summed E-state index contributed by atoms with van der Waals surface area (Å²) < 4.78 is 1.67. The van der Waals surface area contributed by atoms with Crippen LogP contribution in [-0.4, -0.2) is 44.7 Å². The second-order valence-corrected chi connectivity index (χ2v) is 5.53. The lowest BCUT2D eigenvalue weighted by Gasteiger charge is -2.20. The van der Waals surface area contributed by atoms with Crippen LogP contribution in [0.2, 0.25) is 0 Å². The molecule has 3 heterocycles. The van der Waals surface area contributed by atoms with Crippen molar-refractivity contribution in [2.75, 3.05) is 13.1 Å². The van der Waals surface area contributed by atoms with E-state index in [-0.39, 0.29) is 11.9 Å². The lowest BCUT2D eigenvalue weighted by atomic mass is 10.1. The van der Waals surface area contributed by atoms with Crippen molar-refractivity contribution in [1.29, 1.82) is 0 Å². The van der Waals surface area contributed by atoms with Gasteiger partial charge in [0.25, 0.3) is 5.91 Å². The van der Waals surface area contributed by atoms with Gasteiger partial charge in [-0.15, -0.1) is 0 Å². The Morgan fingerprint density at radius 3 is 3.00 bits per heavy atom. The first kappa shape index (κ1) is 13.8. The molecule has 2 atom stereocenters. The summed E-state index contributed by atoms with van der Waals surface area (Å²) in [4.78, 5) is 18.5. The lowest BCUT2D eigenvalue weighted by Crippen LogP contribution is -2.34. The second-order valence-electron chi connectivity index (χ2n) is 5.53. The van der Waals surface area contributed by atoms with Gasteiger partial charge in [0.1, 0.15) is 0 Å². The topological polar surface area (TPSA) is 77.0 Å². The van der Waals surface area contributed by atoms with E-state index in [2.05, 4.69) is 17.0 Å². The van der Waals surface area contributed by atoms with Crippen LogP contribution in [0.15, 0.2) is 36.9 Å². The summed E-state index contributed by atoms with van der Waals surface area (Å²) in [7, 11) is 0. The summed E-state index contributed by atoms with van der Waals surface area (Å²) in [5.41, 5.74) is 7.15. The van der Waals surface area contributed by atoms with E-state index in [1.165, 1.54) is 0 Å². The van der Waals surface area contributed by atoms with Crippen LogP contribution in [0.1, 0.15) is 23.7 Å².